The first kappa shape index (κ1) is 28.8. The Kier molecular flexibility index (Phi) is 8.15. The average Bonchev–Trinajstić information content (AvgIpc) is 3.66. The van der Waals surface area contributed by atoms with Gasteiger partial charge in [0, 0.05) is 11.1 Å². The standard InChI is InChI=1S/C27H30Cl2FNO6S/c1-27(2,3)38(35,36)14-21(15-4-5-15)31-24(16-6-9-18(28)10-7-16)25(17-8-11-20(30)19(29)12-17)37-22(26(31)34)13-23(32)33/h6-12,15,21-22,24-25H,4-5,13-14H2,1-3H3,(H,32,33). The normalized spacial score (nSPS) is 23.4. The van der Waals surface area contributed by atoms with Crippen molar-refractivity contribution in [2.45, 2.75) is 69.1 Å². The van der Waals surface area contributed by atoms with E-state index in [9.17, 15) is 27.5 Å². The Morgan fingerprint density at radius 1 is 1.13 bits per heavy atom. The number of carbonyl (C=O) groups is 2. The molecule has 1 heterocycles. The Morgan fingerprint density at radius 3 is 2.26 bits per heavy atom. The number of carboxylic acid groups (broad SMARTS) is 1. The summed E-state index contributed by atoms with van der Waals surface area (Å²) in [6.07, 6.45) is -1.46. The molecule has 11 heteroatoms. The number of amides is 1. The molecule has 0 bridgehead atoms. The second-order valence-corrected chi connectivity index (χ2v) is 14.5. The van der Waals surface area contributed by atoms with Gasteiger partial charge in [0.15, 0.2) is 9.84 Å². The van der Waals surface area contributed by atoms with E-state index < -0.39 is 63.0 Å². The zero-order valence-corrected chi connectivity index (χ0v) is 23.6. The number of hydrogen-bond donors (Lipinski definition) is 1. The van der Waals surface area contributed by atoms with E-state index >= 15 is 0 Å². The van der Waals surface area contributed by atoms with Gasteiger partial charge in [-0.05, 0) is 74.9 Å². The van der Waals surface area contributed by atoms with Gasteiger partial charge in [-0.2, -0.15) is 0 Å². The first-order valence-corrected chi connectivity index (χ1v) is 14.7. The maximum atomic E-state index is 14.1. The Balaban J connectivity index is 1.90. The van der Waals surface area contributed by atoms with Crippen molar-refractivity contribution in [1.29, 1.82) is 0 Å². The Hall–Kier alpha value is -2.20. The summed E-state index contributed by atoms with van der Waals surface area (Å²) < 4.78 is 45.9. The van der Waals surface area contributed by atoms with Crippen molar-refractivity contribution in [1.82, 2.24) is 4.90 Å². The zero-order valence-electron chi connectivity index (χ0n) is 21.2. The van der Waals surface area contributed by atoms with Crippen molar-refractivity contribution in [2.75, 3.05) is 5.75 Å². The largest absolute Gasteiger partial charge is 0.481 e. The molecule has 4 rings (SSSR count). The fourth-order valence-electron chi connectivity index (χ4n) is 4.77. The van der Waals surface area contributed by atoms with Gasteiger partial charge >= 0.3 is 5.97 Å². The number of ether oxygens (including phenoxy) is 1. The fourth-order valence-corrected chi connectivity index (χ4v) is 6.46. The minimum atomic E-state index is -3.66. The van der Waals surface area contributed by atoms with Crippen molar-refractivity contribution >= 4 is 44.9 Å². The summed E-state index contributed by atoms with van der Waals surface area (Å²) in [7, 11) is -3.66. The number of benzene rings is 2. The number of rotatable bonds is 8. The number of halogens is 3. The lowest BCUT2D eigenvalue weighted by atomic mass is 9.89. The predicted molar refractivity (Wildman–Crippen MR) is 142 cm³/mol. The molecule has 0 aromatic heterocycles. The number of aliphatic carboxylic acids is 1. The maximum Gasteiger partial charge on any atom is 0.306 e. The number of nitrogens with zero attached hydrogens (tertiary/aromatic N) is 1. The highest BCUT2D eigenvalue weighted by molar-refractivity contribution is 7.92. The van der Waals surface area contributed by atoms with E-state index in [2.05, 4.69) is 0 Å². The Bertz CT molecular complexity index is 1320. The highest BCUT2D eigenvalue weighted by Crippen LogP contribution is 2.48. The van der Waals surface area contributed by atoms with Crippen LogP contribution in [0, 0.1) is 11.7 Å². The molecular weight excluding hydrogens is 556 g/mol. The van der Waals surface area contributed by atoms with Crippen molar-refractivity contribution < 1.29 is 32.2 Å². The van der Waals surface area contributed by atoms with Crippen molar-refractivity contribution in [3.05, 3.63) is 69.5 Å². The van der Waals surface area contributed by atoms with E-state index in [0.717, 1.165) is 12.8 Å². The molecule has 0 radical (unpaired) electrons. The molecule has 1 aliphatic carbocycles. The minimum absolute atomic E-state index is 0.0769. The predicted octanol–water partition coefficient (Wildman–Crippen LogP) is 5.61. The van der Waals surface area contributed by atoms with Crippen molar-refractivity contribution in [3.8, 4) is 0 Å². The molecule has 38 heavy (non-hydrogen) atoms. The molecule has 2 fully saturated rings. The van der Waals surface area contributed by atoms with Crippen molar-refractivity contribution in [3.63, 3.8) is 0 Å². The lowest BCUT2D eigenvalue weighted by molar-refractivity contribution is -0.183. The molecule has 7 nitrogen and oxygen atoms in total. The van der Waals surface area contributed by atoms with Crippen LogP contribution >= 0.6 is 23.2 Å². The highest BCUT2D eigenvalue weighted by atomic mass is 35.5. The molecule has 2 aromatic rings. The molecule has 2 aliphatic rings. The van der Waals surface area contributed by atoms with Crippen LogP contribution in [-0.4, -0.2) is 52.9 Å². The molecule has 2 aromatic carbocycles. The maximum absolute atomic E-state index is 14.1. The zero-order chi connectivity index (χ0) is 28.0. The van der Waals surface area contributed by atoms with Crippen LogP contribution in [0.25, 0.3) is 0 Å². The monoisotopic (exact) mass is 585 g/mol. The quantitative estimate of drug-likeness (QED) is 0.432. The molecule has 1 saturated carbocycles. The van der Waals surface area contributed by atoms with Crippen LogP contribution in [0.4, 0.5) is 4.39 Å². The lowest BCUT2D eigenvalue weighted by Gasteiger charge is -2.48. The summed E-state index contributed by atoms with van der Waals surface area (Å²) >= 11 is 12.2. The topological polar surface area (TPSA) is 101 Å². The Labute approximate surface area is 231 Å². The molecule has 1 amide bonds. The molecule has 1 aliphatic heterocycles. The summed E-state index contributed by atoms with van der Waals surface area (Å²) in [4.78, 5) is 27.1. The van der Waals surface area contributed by atoms with Gasteiger partial charge in [0.05, 0.1) is 28.0 Å². The summed E-state index contributed by atoms with van der Waals surface area (Å²) in [5.74, 6) is -2.84. The second-order valence-electron chi connectivity index (χ2n) is 10.9. The van der Waals surface area contributed by atoms with Crippen LogP contribution in [0.1, 0.15) is 63.3 Å². The SMILES string of the molecule is CC(C)(C)S(=O)(=O)CC(C1CC1)N1C(=O)C(CC(=O)O)OC(c2ccc(F)c(Cl)c2)C1c1ccc(Cl)cc1. The summed E-state index contributed by atoms with van der Waals surface area (Å²) in [5, 5.41) is 9.84. The second kappa shape index (κ2) is 10.8. The third-order valence-electron chi connectivity index (χ3n) is 7.12. The van der Waals surface area contributed by atoms with E-state index in [1.165, 1.54) is 23.1 Å². The van der Waals surface area contributed by atoms with E-state index in [1.807, 2.05) is 0 Å². The Morgan fingerprint density at radius 2 is 1.74 bits per heavy atom. The van der Waals surface area contributed by atoms with Gasteiger partial charge in [-0.15, -0.1) is 0 Å². The molecule has 0 spiro atoms. The molecule has 4 unspecified atom stereocenters. The smallest absolute Gasteiger partial charge is 0.306 e. The fraction of sp³-hybridized carbons (Fsp3) is 0.481. The van der Waals surface area contributed by atoms with E-state index in [4.69, 9.17) is 27.9 Å². The van der Waals surface area contributed by atoms with Crippen LogP contribution < -0.4 is 0 Å². The first-order chi connectivity index (χ1) is 17.7. The van der Waals surface area contributed by atoms with Gasteiger partial charge < -0.3 is 14.7 Å². The highest BCUT2D eigenvalue weighted by Gasteiger charge is 2.52. The minimum Gasteiger partial charge on any atom is -0.481 e. The van der Waals surface area contributed by atoms with Crippen LogP contribution in [0.15, 0.2) is 42.5 Å². The third kappa shape index (κ3) is 6.01. The van der Waals surface area contributed by atoms with Crippen LogP contribution in [0.3, 0.4) is 0 Å². The number of carboxylic acids is 1. The molecule has 206 valence electrons. The summed E-state index contributed by atoms with van der Waals surface area (Å²) in [5.41, 5.74) is 1.04. The molecule has 1 N–H and O–H groups in total. The van der Waals surface area contributed by atoms with Gasteiger partial charge in [-0.25, -0.2) is 12.8 Å². The van der Waals surface area contributed by atoms with Gasteiger partial charge in [-0.1, -0.05) is 41.4 Å². The molecular formula is C27H30Cl2FNO6S. The van der Waals surface area contributed by atoms with Gasteiger partial charge in [-0.3, -0.25) is 9.59 Å². The first-order valence-electron chi connectivity index (χ1n) is 12.3. The van der Waals surface area contributed by atoms with Gasteiger partial charge in [0.25, 0.3) is 5.91 Å². The molecule has 4 atom stereocenters. The van der Waals surface area contributed by atoms with Gasteiger partial charge in [0.1, 0.15) is 18.0 Å². The van der Waals surface area contributed by atoms with E-state index in [0.29, 0.717) is 16.1 Å². The van der Waals surface area contributed by atoms with E-state index in [1.54, 1.807) is 45.0 Å². The number of sulfone groups is 1. The summed E-state index contributed by atoms with van der Waals surface area (Å²) in [6, 6.07) is 9.20. The van der Waals surface area contributed by atoms with Crippen LogP contribution in [-0.2, 0) is 24.2 Å². The van der Waals surface area contributed by atoms with Crippen molar-refractivity contribution in [2.24, 2.45) is 5.92 Å². The van der Waals surface area contributed by atoms with E-state index in [-0.39, 0.29) is 16.7 Å². The number of carbonyl (C=O) groups excluding carboxylic acids is 1. The van der Waals surface area contributed by atoms with Crippen LogP contribution in [0.5, 0.6) is 0 Å². The lowest BCUT2D eigenvalue weighted by Crippen LogP contribution is -2.58. The third-order valence-corrected chi connectivity index (χ3v) is 10.3. The molecule has 1 saturated heterocycles. The van der Waals surface area contributed by atoms with Gasteiger partial charge in [0.2, 0.25) is 0 Å². The summed E-state index contributed by atoms with van der Waals surface area (Å²) in [6.45, 7) is 4.84. The average molecular weight is 587 g/mol. The number of hydrogen-bond acceptors (Lipinski definition) is 5. The number of morpholine rings is 1. The van der Waals surface area contributed by atoms with Crippen LogP contribution in [0.2, 0.25) is 10.0 Å².